The highest BCUT2D eigenvalue weighted by Gasteiger charge is 2.17. The number of carbonyl (C=O) groups excluding carboxylic acids is 2. The average Bonchev–Trinajstić information content (AvgIpc) is 3.15. The number of hydrogen-bond donors (Lipinski definition) is 2. The van der Waals surface area contributed by atoms with Gasteiger partial charge in [0, 0.05) is 29.3 Å². The molecule has 1 aliphatic heterocycles. The molecule has 1 aliphatic rings. The first-order valence-corrected chi connectivity index (χ1v) is 9.05. The highest BCUT2D eigenvalue weighted by Crippen LogP contribution is 2.25. The monoisotopic (exact) mass is 392 g/mol. The van der Waals surface area contributed by atoms with Crippen LogP contribution in [0.15, 0.2) is 42.5 Å². The Labute approximate surface area is 161 Å². The van der Waals surface area contributed by atoms with Crippen LogP contribution in [0, 0.1) is 0 Å². The third-order valence-electron chi connectivity index (χ3n) is 4.08. The van der Waals surface area contributed by atoms with Gasteiger partial charge in [0.05, 0.1) is 16.8 Å². The third-order valence-corrected chi connectivity index (χ3v) is 4.63. The van der Waals surface area contributed by atoms with Crippen molar-refractivity contribution in [3.8, 4) is 0 Å². The van der Waals surface area contributed by atoms with Crippen molar-refractivity contribution in [1.29, 1.82) is 0 Å². The van der Waals surface area contributed by atoms with Crippen LogP contribution in [0.4, 0.5) is 5.69 Å². The van der Waals surface area contributed by atoms with Crippen molar-refractivity contribution in [2.75, 3.05) is 18.5 Å². The molecule has 1 heterocycles. The van der Waals surface area contributed by atoms with Crippen molar-refractivity contribution >= 4 is 40.7 Å². The summed E-state index contributed by atoms with van der Waals surface area (Å²) >= 11 is 11.9. The van der Waals surface area contributed by atoms with E-state index in [2.05, 4.69) is 10.6 Å². The summed E-state index contributed by atoms with van der Waals surface area (Å²) in [7, 11) is 0. The molecule has 1 saturated heterocycles. The molecule has 0 radical (unpaired) electrons. The number of nitrogens with one attached hydrogen (secondary N) is 2. The Kier molecular flexibility index (Phi) is 6.14. The lowest BCUT2D eigenvalue weighted by Gasteiger charge is -2.11. The molecule has 0 aromatic heterocycles. The van der Waals surface area contributed by atoms with Gasteiger partial charge in [-0.25, -0.2) is 0 Å². The van der Waals surface area contributed by atoms with Crippen LogP contribution < -0.4 is 10.6 Å². The van der Waals surface area contributed by atoms with Crippen LogP contribution >= 0.6 is 23.2 Å². The summed E-state index contributed by atoms with van der Waals surface area (Å²) in [5, 5.41) is 6.38. The van der Waals surface area contributed by atoms with Crippen molar-refractivity contribution in [3.63, 3.8) is 0 Å². The summed E-state index contributed by atoms with van der Waals surface area (Å²) in [5.41, 5.74) is 1.23. The van der Waals surface area contributed by atoms with Crippen LogP contribution in [0.25, 0.3) is 0 Å². The first-order chi connectivity index (χ1) is 12.5. The smallest absolute Gasteiger partial charge is 0.255 e. The van der Waals surface area contributed by atoms with E-state index in [0.29, 0.717) is 33.4 Å². The lowest BCUT2D eigenvalue weighted by atomic mass is 10.1. The highest BCUT2D eigenvalue weighted by atomic mass is 35.5. The van der Waals surface area contributed by atoms with Gasteiger partial charge in [-0.3, -0.25) is 9.59 Å². The topological polar surface area (TPSA) is 67.4 Å². The molecule has 0 aliphatic carbocycles. The van der Waals surface area contributed by atoms with Crippen molar-refractivity contribution in [1.82, 2.24) is 5.32 Å². The molecular weight excluding hydrogens is 375 g/mol. The maximum Gasteiger partial charge on any atom is 0.255 e. The number of halogens is 2. The van der Waals surface area contributed by atoms with Gasteiger partial charge in [0.15, 0.2) is 0 Å². The van der Waals surface area contributed by atoms with Gasteiger partial charge in [-0.05, 0) is 49.2 Å². The van der Waals surface area contributed by atoms with Gasteiger partial charge in [-0.15, -0.1) is 0 Å². The Morgan fingerprint density at radius 2 is 1.85 bits per heavy atom. The van der Waals surface area contributed by atoms with E-state index >= 15 is 0 Å². The summed E-state index contributed by atoms with van der Waals surface area (Å²) in [6.07, 6.45) is 2.03. The molecule has 2 N–H and O–H groups in total. The molecule has 2 amide bonds. The quantitative estimate of drug-likeness (QED) is 0.802. The van der Waals surface area contributed by atoms with Crippen LogP contribution in [-0.2, 0) is 4.74 Å². The standard InChI is InChI=1S/C19H18Cl2N2O3/c20-14-6-7-17(16(21)10-14)23-19(25)13-4-1-3-12(9-13)18(24)22-11-15-5-2-8-26-15/h1,3-4,6-7,9-10,15H,2,5,8,11H2,(H,22,24)(H,23,25). The molecule has 1 fully saturated rings. The average molecular weight is 393 g/mol. The van der Waals surface area contributed by atoms with E-state index in [1.54, 1.807) is 42.5 Å². The molecule has 7 heteroatoms. The van der Waals surface area contributed by atoms with Crippen molar-refractivity contribution in [3.05, 3.63) is 63.6 Å². The van der Waals surface area contributed by atoms with E-state index in [1.165, 1.54) is 0 Å². The maximum atomic E-state index is 12.4. The van der Waals surface area contributed by atoms with Gasteiger partial charge < -0.3 is 15.4 Å². The number of rotatable bonds is 5. The van der Waals surface area contributed by atoms with E-state index < -0.39 is 0 Å². The molecule has 0 bridgehead atoms. The molecule has 1 unspecified atom stereocenters. The normalized spacial score (nSPS) is 16.3. The molecule has 3 rings (SSSR count). The SMILES string of the molecule is O=C(NCC1CCCO1)c1cccc(C(=O)Nc2ccc(Cl)cc2Cl)c1. The summed E-state index contributed by atoms with van der Waals surface area (Å²) in [6.45, 7) is 1.21. The molecule has 2 aromatic rings. The predicted octanol–water partition coefficient (Wildman–Crippen LogP) is 4.15. The Hall–Kier alpha value is -2.08. The molecule has 0 saturated carbocycles. The Morgan fingerprint density at radius 1 is 1.08 bits per heavy atom. The molecule has 136 valence electrons. The minimum Gasteiger partial charge on any atom is -0.376 e. The second kappa shape index (κ2) is 8.54. The van der Waals surface area contributed by atoms with E-state index in [4.69, 9.17) is 27.9 Å². The summed E-state index contributed by atoms with van der Waals surface area (Å²) in [4.78, 5) is 24.7. The maximum absolute atomic E-state index is 12.4. The Morgan fingerprint density at radius 3 is 2.54 bits per heavy atom. The lowest BCUT2D eigenvalue weighted by Crippen LogP contribution is -2.31. The first kappa shape index (κ1) is 18.7. The van der Waals surface area contributed by atoms with Crippen LogP contribution in [0.3, 0.4) is 0 Å². The van der Waals surface area contributed by atoms with Gasteiger partial charge >= 0.3 is 0 Å². The molecule has 1 atom stereocenters. The highest BCUT2D eigenvalue weighted by molar-refractivity contribution is 6.36. The zero-order chi connectivity index (χ0) is 18.5. The van der Waals surface area contributed by atoms with Crippen molar-refractivity contribution in [2.45, 2.75) is 18.9 Å². The minimum absolute atomic E-state index is 0.0671. The van der Waals surface area contributed by atoms with E-state index in [1.807, 2.05) is 0 Å². The van der Waals surface area contributed by atoms with Crippen LogP contribution in [-0.4, -0.2) is 31.1 Å². The van der Waals surface area contributed by atoms with Gasteiger partial charge in [-0.1, -0.05) is 29.3 Å². The van der Waals surface area contributed by atoms with Gasteiger partial charge in [-0.2, -0.15) is 0 Å². The molecule has 2 aromatic carbocycles. The molecule has 0 spiro atoms. The molecular formula is C19H18Cl2N2O3. The van der Waals surface area contributed by atoms with Gasteiger partial charge in [0.25, 0.3) is 11.8 Å². The second-order valence-electron chi connectivity index (χ2n) is 6.00. The number of benzene rings is 2. The zero-order valence-electron chi connectivity index (χ0n) is 13.9. The molecule has 26 heavy (non-hydrogen) atoms. The van der Waals surface area contributed by atoms with Crippen LogP contribution in [0.2, 0.25) is 10.0 Å². The van der Waals surface area contributed by atoms with Crippen LogP contribution in [0.1, 0.15) is 33.6 Å². The largest absolute Gasteiger partial charge is 0.376 e. The summed E-state index contributed by atoms with van der Waals surface area (Å²) in [5.74, 6) is -0.595. The summed E-state index contributed by atoms with van der Waals surface area (Å²) < 4.78 is 5.49. The predicted molar refractivity (Wildman–Crippen MR) is 102 cm³/mol. The van der Waals surface area contributed by atoms with Crippen LogP contribution in [0.5, 0.6) is 0 Å². The fourth-order valence-electron chi connectivity index (χ4n) is 2.70. The second-order valence-corrected chi connectivity index (χ2v) is 6.85. The van der Waals surface area contributed by atoms with Gasteiger partial charge in [0.2, 0.25) is 0 Å². The minimum atomic E-state index is -0.358. The third kappa shape index (κ3) is 4.75. The number of anilines is 1. The van der Waals surface area contributed by atoms with E-state index in [9.17, 15) is 9.59 Å². The van der Waals surface area contributed by atoms with Gasteiger partial charge in [0.1, 0.15) is 0 Å². The lowest BCUT2D eigenvalue weighted by molar-refractivity contribution is 0.0858. The summed E-state index contributed by atoms with van der Waals surface area (Å²) in [6, 6.07) is 11.3. The number of ether oxygens (including phenoxy) is 1. The fraction of sp³-hybridized carbons (Fsp3) is 0.263. The molecule has 5 nitrogen and oxygen atoms in total. The Balaban J connectivity index is 1.65. The fourth-order valence-corrected chi connectivity index (χ4v) is 3.16. The first-order valence-electron chi connectivity index (χ1n) is 8.29. The number of amides is 2. The van der Waals surface area contributed by atoms with Crippen molar-refractivity contribution < 1.29 is 14.3 Å². The van der Waals surface area contributed by atoms with Crippen molar-refractivity contribution in [2.24, 2.45) is 0 Å². The number of carbonyl (C=O) groups is 2. The zero-order valence-corrected chi connectivity index (χ0v) is 15.4. The van der Waals surface area contributed by atoms with E-state index in [0.717, 1.165) is 19.4 Å². The van der Waals surface area contributed by atoms with E-state index in [-0.39, 0.29) is 17.9 Å². The Bertz CT molecular complexity index is 820. The number of hydrogen-bond acceptors (Lipinski definition) is 3.